The number of hydrogen-bond donors (Lipinski definition) is 3. The van der Waals surface area contributed by atoms with Crippen molar-refractivity contribution < 1.29 is 14.6 Å². The van der Waals surface area contributed by atoms with Crippen molar-refractivity contribution in [3.05, 3.63) is 65.2 Å². The van der Waals surface area contributed by atoms with Gasteiger partial charge in [-0.05, 0) is 38.5 Å². The van der Waals surface area contributed by atoms with E-state index in [1.807, 2.05) is 12.1 Å². The summed E-state index contributed by atoms with van der Waals surface area (Å²) in [5.41, 5.74) is 7.57. The standard InChI is InChI=1S/C25H35N5O/c1-4-30(5-2)24-12-10-22(11-13-24)18-26-27-25(31)20-29-16-14-28(15-17-29)19-23-8-6-21(3)7-9-23/h6-13,18H,4-5,14-17,19-20H2,1-3H3,(H,27,31)/p+2/b26-18-. The topological polar surface area (TPSA) is 53.6 Å². The minimum atomic E-state index is -0.0204. The second kappa shape index (κ2) is 11.6. The van der Waals surface area contributed by atoms with E-state index in [-0.39, 0.29) is 5.91 Å². The summed E-state index contributed by atoms with van der Waals surface area (Å²) >= 11 is 0. The number of amides is 1. The molecule has 3 rings (SSSR count). The fourth-order valence-corrected chi connectivity index (χ4v) is 4.11. The molecule has 1 fully saturated rings. The van der Waals surface area contributed by atoms with E-state index in [9.17, 15) is 4.79 Å². The van der Waals surface area contributed by atoms with Gasteiger partial charge in [-0.25, -0.2) is 5.43 Å². The molecule has 166 valence electrons. The van der Waals surface area contributed by atoms with Crippen LogP contribution in [0.3, 0.4) is 0 Å². The van der Waals surface area contributed by atoms with Gasteiger partial charge in [-0.2, -0.15) is 5.10 Å². The van der Waals surface area contributed by atoms with Crippen LogP contribution in [0.15, 0.2) is 53.6 Å². The maximum Gasteiger partial charge on any atom is 0.295 e. The predicted molar refractivity (Wildman–Crippen MR) is 127 cm³/mol. The monoisotopic (exact) mass is 423 g/mol. The molecular weight excluding hydrogens is 386 g/mol. The normalized spacial score (nSPS) is 18.8. The Morgan fingerprint density at radius 1 is 0.968 bits per heavy atom. The number of nitrogens with zero attached hydrogens (tertiary/aromatic N) is 2. The van der Waals surface area contributed by atoms with Gasteiger partial charge in [0.1, 0.15) is 32.7 Å². The maximum atomic E-state index is 12.3. The summed E-state index contributed by atoms with van der Waals surface area (Å²) < 4.78 is 0. The summed E-state index contributed by atoms with van der Waals surface area (Å²) in [6, 6.07) is 17.1. The van der Waals surface area contributed by atoms with Crippen molar-refractivity contribution in [1.29, 1.82) is 0 Å². The number of carbonyl (C=O) groups excluding carboxylic acids is 1. The van der Waals surface area contributed by atoms with Gasteiger partial charge in [0.2, 0.25) is 0 Å². The molecule has 1 amide bonds. The summed E-state index contributed by atoms with van der Waals surface area (Å²) in [7, 11) is 0. The lowest BCUT2D eigenvalue weighted by Crippen LogP contribution is -3.28. The molecule has 3 N–H and O–H groups in total. The van der Waals surface area contributed by atoms with E-state index in [4.69, 9.17) is 0 Å². The average molecular weight is 424 g/mol. The third kappa shape index (κ3) is 7.19. The predicted octanol–water partition coefficient (Wildman–Crippen LogP) is 0.275. The van der Waals surface area contributed by atoms with Gasteiger partial charge in [-0.15, -0.1) is 0 Å². The minimum Gasteiger partial charge on any atom is -0.372 e. The van der Waals surface area contributed by atoms with Gasteiger partial charge in [0.15, 0.2) is 6.54 Å². The first-order chi connectivity index (χ1) is 15.1. The zero-order chi connectivity index (χ0) is 22.1. The van der Waals surface area contributed by atoms with Crippen molar-refractivity contribution in [3.63, 3.8) is 0 Å². The number of rotatable bonds is 9. The fraction of sp³-hybridized carbons (Fsp3) is 0.440. The number of hydrogen-bond acceptors (Lipinski definition) is 3. The van der Waals surface area contributed by atoms with Crippen LogP contribution in [-0.4, -0.2) is 57.9 Å². The quantitative estimate of drug-likeness (QED) is 0.401. The van der Waals surface area contributed by atoms with E-state index >= 15 is 0 Å². The molecule has 6 heteroatoms. The van der Waals surface area contributed by atoms with Crippen LogP contribution in [0.1, 0.15) is 30.5 Å². The van der Waals surface area contributed by atoms with Crippen molar-refractivity contribution in [2.45, 2.75) is 27.3 Å². The van der Waals surface area contributed by atoms with Crippen LogP contribution in [0.5, 0.6) is 0 Å². The Labute approximate surface area is 186 Å². The highest BCUT2D eigenvalue weighted by atomic mass is 16.2. The second-order valence-corrected chi connectivity index (χ2v) is 8.40. The average Bonchev–Trinajstić information content (AvgIpc) is 2.78. The number of aryl methyl sites for hydroxylation is 1. The van der Waals surface area contributed by atoms with E-state index in [0.717, 1.165) is 51.4 Å². The van der Waals surface area contributed by atoms with E-state index in [2.05, 4.69) is 72.6 Å². The maximum absolute atomic E-state index is 12.3. The van der Waals surface area contributed by atoms with Gasteiger partial charge in [-0.3, -0.25) is 4.79 Å². The van der Waals surface area contributed by atoms with Crippen LogP contribution in [0.4, 0.5) is 5.69 Å². The molecular formula is C25H37N5O+2. The molecule has 6 nitrogen and oxygen atoms in total. The zero-order valence-corrected chi connectivity index (χ0v) is 19.2. The molecule has 1 saturated heterocycles. The van der Waals surface area contributed by atoms with Gasteiger partial charge in [0.25, 0.3) is 5.91 Å². The Morgan fingerprint density at radius 3 is 2.19 bits per heavy atom. The molecule has 1 heterocycles. The largest absolute Gasteiger partial charge is 0.372 e. The first-order valence-electron chi connectivity index (χ1n) is 11.5. The number of carbonyl (C=O) groups is 1. The van der Waals surface area contributed by atoms with Crippen LogP contribution >= 0.6 is 0 Å². The van der Waals surface area contributed by atoms with E-state index < -0.39 is 0 Å². The molecule has 31 heavy (non-hydrogen) atoms. The van der Waals surface area contributed by atoms with E-state index in [0.29, 0.717) is 6.54 Å². The summed E-state index contributed by atoms with van der Waals surface area (Å²) in [5, 5.41) is 4.14. The lowest BCUT2D eigenvalue weighted by molar-refractivity contribution is -1.02. The molecule has 0 atom stereocenters. The number of quaternary nitrogens is 2. The third-order valence-corrected chi connectivity index (χ3v) is 6.07. The Kier molecular flexibility index (Phi) is 8.62. The molecule has 2 aromatic rings. The Balaban J connectivity index is 1.38. The van der Waals surface area contributed by atoms with Crippen LogP contribution in [0, 0.1) is 6.92 Å². The molecule has 1 aliphatic rings. The van der Waals surface area contributed by atoms with Crippen molar-refractivity contribution in [2.24, 2.45) is 5.10 Å². The molecule has 0 spiro atoms. The van der Waals surface area contributed by atoms with Crippen LogP contribution in [0.2, 0.25) is 0 Å². The van der Waals surface area contributed by atoms with Gasteiger partial charge >= 0.3 is 0 Å². The van der Waals surface area contributed by atoms with Crippen molar-refractivity contribution >= 4 is 17.8 Å². The Hall–Kier alpha value is -2.70. The first-order valence-corrected chi connectivity index (χ1v) is 11.5. The van der Waals surface area contributed by atoms with Gasteiger partial charge in [0.05, 0.1) is 6.21 Å². The summed E-state index contributed by atoms with van der Waals surface area (Å²) in [6.07, 6.45) is 1.71. The highest BCUT2D eigenvalue weighted by molar-refractivity contribution is 5.83. The molecule has 0 saturated carbocycles. The summed E-state index contributed by atoms with van der Waals surface area (Å²) in [4.78, 5) is 17.5. The van der Waals surface area contributed by atoms with Crippen LogP contribution in [-0.2, 0) is 11.3 Å². The number of piperazine rings is 1. The third-order valence-electron chi connectivity index (χ3n) is 6.07. The highest BCUT2D eigenvalue weighted by Crippen LogP contribution is 2.13. The summed E-state index contributed by atoms with van der Waals surface area (Å²) in [5.74, 6) is -0.0204. The number of benzene rings is 2. The van der Waals surface area contributed by atoms with E-state index in [1.54, 1.807) is 11.1 Å². The molecule has 2 aromatic carbocycles. The van der Waals surface area contributed by atoms with Crippen molar-refractivity contribution in [2.75, 3.05) is 50.7 Å². The molecule has 0 aliphatic carbocycles. The molecule has 1 aliphatic heterocycles. The number of anilines is 1. The lowest BCUT2D eigenvalue weighted by Gasteiger charge is -2.29. The molecule has 0 bridgehead atoms. The summed E-state index contributed by atoms with van der Waals surface area (Å²) in [6.45, 7) is 14.2. The minimum absolute atomic E-state index is 0.0204. The lowest BCUT2D eigenvalue weighted by atomic mass is 10.1. The number of nitrogens with one attached hydrogen (secondary N) is 3. The van der Waals surface area contributed by atoms with E-state index in [1.165, 1.54) is 21.7 Å². The van der Waals surface area contributed by atoms with Gasteiger partial charge < -0.3 is 14.7 Å². The molecule has 0 aromatic heterocycles. The Bertz CT molecular complexity index is 835. The Morgan fingerprint density at radius 2 is 1.58 bits per heavy atom. The van der Waals surface area contributed by atoms with Crippen molar-refractivity contribution in [1.82, 2.24) is 5.43 Å². The smallest absolute Gasteiger partial charge is 0.295 e. The number of hydrazone groups is 1. The molecule has 0 radical (unpaired) electrons. The van der Waals surface area contributed by atoms with Crippen LogP contribution in [0.25, 0.3) is 0 Å². The highest BCUT2D eigenvalue weighted by Gasteiger charge is 2.24. The van der Waals surface area contributed by atoms with Gasteiger partial charge in [-0.1, -0.05) is 42.0 Å². The van der Waals surface area contributed by atoms with Crippen molar-refractivity contribution in [3.8, 4) is 0 Å². The van der Waals surface area contributed by atoms with Gasteiger partial charge in [0, 0.05) is 24.3 Å². The zero-order valence-electron chi connectivity index (χ0n) is 19.2. The SMILES string of the molecule is CCN(CC)c1ccc(/C=N\NC(=O)C[NH+]2CC[NH+](Cc3ccc(C)cc3)CC2)cc1. The first kappa shape index (κ1) is 23.0. The second-order valence-electron chi connectivity index (χ2n) is 8.40. The molecule has 0 unspecified atom stereocenters. The fourth-order valence-electron chi connectivity index (χ4n) is 4.11. The van der Waals surface area contributed by atoms with Crippen LogP contribution < -0.4 is 20.1 Å².